The first-order chi connectivity index (χ1) is 6.83. The van der Waals surface area contributed by atoms with Crippen LogP contribution in [-0.4, -0.2) is 17.2 Å². The van der Waals surface area contributed by atoms with E-state index in [2.05, 4.69) is 20.7 Å². The van der Waals surface area contributed by atoms with Crippen molar-refractivity contribution in [1.82, 2.24) is 0 Å². The lowest BCUT2D eigenvalue weighted by Gasteiger charge is -2.14. The normalized spacial score (nSPS) is 11.2. The van der Waals surface area contributed by atoms with Crippen LogP contribution in [0.15, 0.2) is 22.7 Å². The molecule has 1 N–H and O–H groups in total. The summed E-state index contributed by atoms with van der Waals surface area (Å²) in [6, 6.07) is 2.65. The number of ether oxygens (including phenoxy) is 1. The number of aliphatic carboxylic acids is 1. The van der Waals surface area contributed by atoms with E-state index in [-0.39, 0.29) is 4.47 Å². The van der Waals surface area contributed by atoms with Crippen LogP contribution in [0, 0.1) is 5.82 Å². The molecule has 82 valence electrons. The largest absolute Gasteiger partial charge is 0.501 e. The highest BCUT2D eigenvalue weighted by molar-refractivity contribution is 9.10. The third-order valence-corrected chi connectivity index (χ3v) is 2.00. The highest BCUT2D eigenvalue weighted by Gasteiger charge is 2.42. The van der Waals surface area contributed by atoms with Crippen molar-refractivity contribution in [1.29, 1.82) is 0 Å². The van der Waals surface area contributed by atoms with Gasteiger partial charge in [0.2, 0.25) is 0 Å². The Balaban J connectivity index is 2.95. The molecule has 0 aromatic heterocycles. The van der Waals surface area contributed by atoms with E-state index in [1.165, 1.54) is 0 Å². The average molecular weight is 285 g/mol. The molecule has 0 atom stereocenters. The summed E-state index contributed by atoms with van der Waals surface area (Å²) in [5.74, 6) is -3.53. The fourth-order valence-electron chi connectivity index (χ4n) is 0.740. The Morgan fingerprint density at radius 1 is 1.47 bits per heavy atom. The van der Waals surface area contributed by atoms with Gasteiger partial charge in [-0.1, -0.05) is 0 Å². The third-order valence-electron chi connectivity index (χ3n) is 1.38. The molecule has 0 spiro atoms. The van der Waals surface area contributed by atoms with Gasteiger partial charge in [0.15, 0.2) is 0 Å². The Hall–Kier alpha value is -1.24. The minimum absolute atomic E-state index is 0.0941. The van der Waals surface area contributed by atoms with Crippen LogP contribution in [0.5, 0.6) is 5.75 Å². The van der Waals surface area contributed by atoms with E-state index >= 15 is 0 Å². The van der Waals surface area contributed by atoms with Gasteiger partial charge in [-0.25, -0.2) is 9.18 Å². The minimum atomic E-state index is -4.35. The lowest BCUT2D eigenvalue weighted by molar-refractivity contribution is -0.211. The van der Waals surface area contributed by atoms with Crippen molar-refractivity contribution in [3.63, 3.8) is 0 Å². The fourth-order valence-corrected chi connectivity index (χ4v) is 1.17. The van der Waals surface area contributed by atoms with E-state index in [4.69, 9.17) is 5.11 Å². The summed E-state index contributed by atoms with van der Waals surface area (Å²) in [7, 11) is 0. The Bertz CT molecular complexity index is 395. The number of carboxylic acid groups (broad SMARTS) is 1. The van der Waals surface area contributed by atoms with Crippen LogP contribution >= 0.6 is 15.9 Å². The zero-order valence-corrected chi connectivity index (χ0v) is 8.59. The summed E-state index contributed by atoms with van der Waals surface area (Å²) in [6.45, 7) is 0. The first kappa shape index (κ1) is 11.8. The second kappa shape index (κ2) is 4.09. The number of hydrogen-bond donors (Lipinski definition) is 1. The monoisotopic (exact) mass is 284 g/mol. The number of rotatable bonds is 3. The van der Waals surface area contributed by atoms with Gasteiger partial charge in [-0.3, -0.25) is 0 Å². The van der Waals surface area contributed by atoms with Crippen LogP contribution in [-0.2, 0) is 4.79 Å². The quantitative estimate of drug-likeness (QED) is 0.928. The van der Waals surface area contributed by atoms with Gasteiger partial charge in [-0.2, -0.15) is 8.78 Å². The molecule has 1 aromatic carbocycles. The molecule has 0 unspecified atom stereocenters. The molecule has 0 aliphatic rings. The van der Waals surface area contributed by atoms with Crippen LogP contribution in [0.2, 0.25) is 0 Å². The second-order valence-electron chi connectivity index (χ2n) is 2.50. The number of carbonyl (C=O) groups is 1. The Kier molecular flexibility index (Phi) is 3.23. The van der Waals surface area contributed by atoms with Crippen LogP contribution in [0.1, 0.15) is 0 Å². The van der Waals surface area contributed by atoms with E-state index < -0.39 is 23.6 Å². The number of halogens is 4. The molecule has 1 aromatic rings. The summed E-state index contributed by atoms with van der Waals surface area (Å²) in [4.78, 5) is 10.0. The first-order valence-corrected chi connectivity index (χ1v) is 4.37. The SMILES string of the molecule is O=C(O)C(F)(F)Oc1ccc(F)cc1Br. The third kappa shape index (κ3) is 2.85. The number of alkyl halides is 2. The highest BCUT2D eigenvalue weighted by atomic mass is 79.9. The van der Waals surface area contributed by atoms with Crippen molar-refractivity contribution >= 4 is 21.9 Å². The van der Waals surface area contributed by atoms with Gasteiger partial charge in [0.05, 0.1) is 4.47 Å². The van der Waals surface area contributed by atoms with Crippen molar-refractivity contribution < 1.29 is 27.8 Å². The molecule has 0 saturated heterocycles. The molecule has 3 nitrogen and oxygen atoms in total. The average Bonchev–Trinajstić information content (AvgIpc) is 2.09. The van der Waals surface area contributed by atoms with Gasteiger partial charge >= 0.3 is 12.1 Å². The van der Waals surface area contributed by atoms with Gasteiger partial charge in [-0.05, 0) is 34.1 Å². The predicted octanol–water partition coefficient (Wildman–Crippen LogP) is 2.64. The molecule has 0 aliphatic carbocycles. The zero-order valence-electron chi connectivity index (χ0n) is 7.01. The van der Waals surface area contributed by atoms with Crippen molar-refractivity contribution in [2.24, 2.45) is 0 Å². The van der Waals surface area contributed by atoms with Gasteiger partial charge in [0.1, 0.15) is 11.6 Å². The molecular weight excluding hydrogens is 281 g/mol. The summed E-state index contributed by atoms with van der Waals surface area (Å²) < 4.78 is 41.5. The summed E-state index contributed by atoms with van der Waals surface area (Å²) in [5, 5.41) is 8.08. The molecule has 0 aliphatic heterocycles. The fraction of sp³-hybridized carbons (Fsp3) is 0.125. The van der Waals surface area contributed by atoms with E-state index in [1.54, 1.807) is 0 Å². The van der Waals surface area contributed by atoms with Gasteiger partial charge in [-0.15, -0.1) is 0 Å². The maximum atomic E-state index is 12.6. The highest BCUT2D eigenvalue weighted by Crippen LogP contribution is 2.30. The van der Waals surface area contributed by atoms with Crippen LogP contribution < -0.4 is 4.74 Å². The number of benzene rings is 1. The van der Waals surface area contributed by atoms with Gasteiger partial charge in [0.25, 0.3) is 0 Å². The van der Waals surface area contributed by atoms with Crippen molar-refractivity contribution in [3.05, 3.63) is 28.5 Å². The van der Waals surface area contributed by atoms with Crippen molar-refractivity contribution in [2.75, 3.05) is 0 Å². The molecule has 0 radical (unpaired) electrons. The van der Waals surface area contributed by atoms with Gasteiger partial charge in [0, 0.05) is 0 Å². The van der Waals surface area contributed by atoms with Crippen LogP contribution in [0.25, 0.3) is 0 Å². The predicted molar refractivity (Wildman–Crippen MR) is 47.3 cm³/mol. The van der Waals surface area contributed by atoms with E-state index in [0.29, 0.717) is 0 Å². The lowest BCUT2D eigenvalue weighted by Crippen LogP contribution is -2.34. The molecule has 7 heteroatoms. The number of hydrogen-bond acceptors (Lipinski definition) is 2. The van der Waals surface area contributed by atoms with E-state index in [1.807, 2.05) is 0 Å². The van der Waals surface area contributed by atoms with Crippen molar-refractivity contribution in [3.8, 4) is 5.75 Å². The molecular formula is C8H4BrF3O3. The molecule has 0 amide bonds. The Morgan fingerprint density at radius 2 is 2.07 bits per heavy atom. The Labute approximate surface area is 90.6 Å². The standard InChI is InChI=1S/C8H4BrF3O3/c9-5-3-4(10)1-2-6(5)15-8(11,12)7(13)14/h1-3H,(H,13,14). The summed E-state index contributed by atoms with van der Waals surface area (Å²) in [6.07, 6.45) is -4.35. The minimum Gasteiger partial charge on any atom is -0.474 e. The maximum Gasteiger partial charge on any atom is 0.501 e. The van der Waals surface area contributed by atoms with Crippen molar-refractivity contribution in [2.45, 2.75) is 6.11 Å². The van der Waals surface area contributed by atoms with Crippen LogP contribution in [0.3, 0.4) is 0 Å². The number of carboxylic acids is 1. The summed E-state index contributed by atoms with van der Waals surface area (Å²) >= 11 is 2.76. The Morgan fingerprint density at radius 3 is 2.53 bits per heavy atom. The van der Waals surface area contributed by atoms with E-state index in [9.17, 15) is 18.0 Å². The lowest BCUT2D eigenvalue weighted by atomic mass is 10.3. The molecule has 0 fully saturated rings. The first-order valence-electron chi connectivity index (χ1n) is 3.58. The topological polar surface area (TPSA) is 46.5 Å². The smallest absolute Gasteiger partial charge is 0.474 e. The molecule has 0 saturated carbocycles. The molecule has 0 heterocycles. The maximum absolute atomic E-state index is 12.6. The van der Waals surface area contributed by atoms with Crippen LogP contribution in [0.4, 0.5) is 13.2 Å². The summed E-state index contributed by atoms with van der Waals surface area (Å²) in [5.41, 5.74) is 0. The molecule has 0 bridgehead atoms. The second-order valence-corrected chi connectivity index (χ2v) is 3.35. The molecule has 15 heavy (non-hydrogen) atoms. The molecule has 1 rings (SSSR count). The van der Waals surface area contributed by atoms with E-state index in [0.717, 1.165) is 18.2 Å². The zero-order chi connectivity index (χ0) is 11.6. The van der Waals surface area contributed by atoms with Gasteiger partial charge < -0.3 is 9.84 Å².